The topological polar surface area (TPSA) is 54.9 Å². The van der Waals surface area contributed by atoms with Crippen LogP contribution in [0.4, 0.5) is 0 Å². The molecule has 4 rings (SSSR count). The number of carbonyl (C=O) groups excluding carboxylic acids is 1. The highest BCUT2D eigenvalue weighted by molar-refractivity contribution is 6.07. The van der Waals surface area contributed by atoms with Gasteiger partial charge in [0.15, 0.2) is 0 Å². The van der Waals surface area contributed by atoms with Gasteiger partial charge in [0.1, 0.15) is 0 Å². The summed E-state index contributed by atoms with van der Waals surface area (Å²) in [5.74, 6) is -0.0929. The molecular weight excluding hydrogens is 358 g/mol. The fraction of sp³-hybridized carbons (Fsp3) is 0.160. The van der Waals surface area contributed by atoms with Gasteiger partial charge in [-0.15, -0.1) is 0 Å². The van der Waals surface area contributed by atoms with E-state index in [9.17, 15) is 4.79 Å². The number of fused-ring (bicyclic) bond motifs is 1. The van der Waals surface area contributed by atoms with Crippen LogP contribution in [0.3, 0.4) is 0 Å². The molecule has 2 heterocycles. The Labute approximate surface area is 170 Å². The van der Waals surface area contributed by atoms with E-state index in [4.69, 9.17) is 4.98 Å². The van der Waals surface area contributed by atoms with E-state index in [1.807, 2.05) is 48.5 Å². The van der Waals surface area contributed by atoms with E-state index in [2.05, 4.69) is 42.3 Å². The predicted molar refractivity (Wildman–Crippen MR) is 117 cm³/mol. The van der Waals surface area contributed by atoms with Gasteiger partial charge in [-0.3, -0.25) is 9.78 Å². The number of benzene rings is 2. The molecule has 0 saturated carbocycles. The molecule has 1 amide bonds. The Balaban J connectivity index is 1.65. The zero-order valence-corrected chi connectivity index (χ0v) is 16.6. The summed E-state index contributed by atoms with van der Waals surface area (Å²) in [5.41, 5.74) is 6.69. The number of aromatic nitrogens is 2. The normalized spacial score (nSPS) is 10.8. The van der Waals surface area contributed by atoms with Crippen molar-refractivity contribution >= 4 is 16.8 Å². The quantitative estimate of drug-likeness (QED) is 0.536. The first-order valence-corrected chi connectivity index (χ1v) is 9.77. The van der Waals surface area contributed by atoms with E-state index in [-0.39, 0.29) is 5.91 Å². The summed E-state index contributed by atoms with van der Waals surface area (Å²) in [6, 6.07) is 21.7. The summed E-state index contributed by atoms with van der Waals surface area (Å²) in [6.07, 6.45) is 2.46. The van der Waals surface area contributed by atoms with E-state index < -0.39 is 0 Å². The van der Waals surface area contributed by atoms with Crippen LogP contribution in [0.15, 0.2) is 72.9 Å². The molecule has 2 aromatic carbocycles. The molecule has 0 bridgehead atoms. The fourth-order valence-electron chi connectivity index (χ4n) is 3.36. The minimum Gasteiger partial charge on any atom is -0.352 e. The number of amides is 1. The SMILES string of the molecule is Cc1ccc(-c2cc(C(=O)NCCc3ccccn3)c3ccccc3n2)cc1C. The molecule has 0 saturated heterocycles. The lowest BCUT2D eigenvalue weighted by Gasteiger charge is -2.11. The molecular formula is C25H23N3O. The molecule has 0 atom stereocenters. The Bertz CT molecular complexity index is 1170. The summed E-state index contributed by atoms with van der Waals surface area (Å²) < 4.78 is 0. The maximum absolute atomic E-state index is 13.0. The summed E-state index contributed by atoms with van der Waals surface area (Å²) in [4.78, 5) is 22.1. The second kappa shape index (κ2) is 8.23. The van der Waals surface area contributed by atoms with Crippen molar-refractivity contribution in [3.8, 4) is 11.3 Å². The molecule has 0 fully saturated rings. The van der Waals surface area contributed by atoms with Crippen LogP contribution in [0.1, 0.15) is 27.2 Å². The highest BCUT2D eigenvalue weighted by Gasteiger charge is 2.14. The van der Waals surface area contributed by atoms with Crippen molar-refractivity contribution in [3.63, 3.8) is 0 Å². The zero-order valence-electron chi connectivity index (χ0n) is 16.6. The standard InChI is InChI=1S/C25H23N3O/c1-17-10-11-19(15-18(17)2)24-16-22(21-8-3-4-9-23(21)28-24)25(29)27-14-12-20-7-5-6-13-26-20/h3-11,13,15-16H,12,14H2,1-2H3,(H,27,29). The number of hydrogen-bond acceptors (Lipinski definition) is 3. The van der Waals surface area contributed by atoms with E-state index in [0.717, 1.165) is 27.9 Å². The number of nitrogens with zero attached hydrogens (tertiary/aromatic N) is 2. The maximum atomic E-state index is 13.0. The van der Waals surface area contributed by atoms with Crippen molar-refractivity contribution in [2.45, 2.75) is 20.3 Å². The van der Waals surface area contributed by atoms with Gasteiger partial charge >= 0.3 is 0 Å². The van der Waals surface area contributed by atoms with Crippen LogP contribution in [-0.2, 0) is 6.42 Å². The van der Waals surface area contributed by atoms with Crippen molar-refractivity contribution in [2.24, 2.45) is 0 Å². The molecule has 0 aliphatic heterocycles. The molecule has 144 valence electrons. The minimum absolute atomic E-state index is 0.0929. The number of nitrogens with one attached hydrogen (secondary N) is 1. The molecule has 0 unspecified atom stereocenters. The van der Waals surface area contributed by atoms with Gasteiger partial charge in [0.05, 0.1) is 16.8 Å². The van der Waals surface area contributed by atoms with Crippen molar-refractivity contribution in [3.05, 3.63) is 95.3 Å². The van der Waals surface area contributed by atoms with E-state index in [1.54, 1.807) is 6.20 Å². The van der Waals surface area contributed by atoms with Crippen LogP contribution in [0.25, 0.3) is 22.2 Å². The molecule has 4 nitrogen and oxygen atoms in total. The first kappa shape index (κ1) is 18.8. The Morgan fingerprint density at radius 2 is 1.76 bits per heavy atom. The molecule has 4 heteroatoms. The summed E-state index contributed by atoms with van der Waals surface area (Å²) in [7, 11) is 0. The van der Waals surface area contributed by atoms with Crippen molar-refractivity contribution < 1.29 is 4.79 Å². The third-order valence-corrected chi connectivity index (χ3v) is 5.16. The Morgan fingerprint density at radius 3 is 2.55 bits per heavy atom. The van der Waals surface area contributed by atoms with Gasteiger partial charge in [-0.2, -0.15) is 0 Å². The van der Waals surface area contributed by atoms with Crippen molar-refractivity contribution in [1.29, 1.82) is 0 Å². The lowest BCUT2D eigenvalue weighted by Crippen LogP contribution is -2.26. The van der Waals surface area contributed by atoms with Gasteiger partial charge in [-0.1, -0.05) is 36.4 Å². The van der Waals surface area contributed by atoms with E-state index in [1.165, 1.54) is 11.1 Å². The lowest BCUT2D eigenvalue weighted by atomic mass is 10.0. The number of hydrogen-bond donors (Lipinski definition) is 1. The van der Waals surface area contributed by atoms with Crippen LogP contribution >= 0.6 is 0 Å². The smallest absolute Gasteiger partial charge is 0.252 e. The monoisotopic (exact) mass is 381 g/mol. The van der Waals surface area contributed by atoms with Gasteiger partial charge in [0.2, 0.25) is 0 Å². The van der Waals surface area contributed by atoms with Gasteiger partial charge in [-0.05, 0) is 55.3 Å². The molecule has 0 aliphatic carbocycles. The van der Waals surface area contributed by atoms with E-state index >= 15 is 0 Å². The van der Waals surface area contributed by atoms with Crippen LogP contribution in [0, 0.1) is 13.8 Å². The maximum Gasteiger partial charge on any atom is 0.252 e. The average molecular weight is 381 g/mol. The van der Waals surface area contributed by atoms with Gasteiger partial charge < -0.3 is 5.32 Å². The lowest BCUT2D eigenvalue weighted by molar-refractivity contribution is 0.0955. The highest BCUT2D eigenvalue weighted by atomic mass is 16.1. The molecule has 29 heavy (non-hydrogen) atoms. The predicted octanol–water partition coefficient (Wildman–Crippen LogP) is 4.89. The average Bonchev–Trinajstić information content (AvgIpc) is 2.75. The second-order valence-electron chi connectivity index (χ2n) is 7.20. The van der Waals surface area contributed by atoms with Gasteiger partial charge in [-0.25, -0.2) is 4.98 Å². The fourth-order valence-corrected chi connectivity index (χ4v) is 3.36. The van der Waals surface area contributed by atoms with Crippen LogP contribution in [-0.4, -0.2) is 22.4 Å². The summed E-state index contributed by atoms with van der Waals surface area (Å²) in [6.45, 7) is 4.71. The third kappa shape index (κ3) is 4.16. The number of pyridine rings is 2. The Kier molecular flexibility index (Phi) is 5.34. The molecule has 0 radical (unpaired) electrons. The highest BCUT2D eigenvalue weighted by Crippen LogP contribution is 2.26. The molecule has 0 aliphatic rings. The number of carbonyl (C=O) groups is 1. The second-order valence-corrected chi connectivity index (χ2v) is 7.20. The molecule has 1 N–H and O–H groups in total. The van der Waals surface area contributed by atoms with Crippen LogP contribution < -0.4 is 5.32 Å². The summed E-state index contributed by atoms with van der Waals surface area (Å²) in [5, 5.41) is 3.89. The van der Waals surface area contributed by atoms with Crippen molar-refractivity contribution in [2.75, 3.05) is 6.54 Å². The first-order chi connectivity index (χ1) is 14.1. The number of para-hydroxylation sites is 1. The summed E-state index contributed by atoms with van der Waals surface area (Å²) >= 11 is 0. The first-order valence-electron chi connectivity index (χ1n) is 9.77. The van der Waals surface area contributed by atoms with Gasteiger partial charge in [0, 0.05) is 35.8 Å². The number of rotatable bonds is 5. The van der Waals surface area contributed by atoms with Crippen molar-refractivity contribution in [1.82, 2.24) is 15.3 Å². The van der Waals surface area contributed by atoms with Crippen LogP contribution in [0.2, 0.25) is 0 Å². The Hall–Kier alpha value is -3.53. The zero-order chi connectivity index (χ0) is 20.2. The minimum atomic E-state index is -0.0929. The number of aryl methyl sites for hydroxylation is 2. The largest absolute Gasteiger partial charge is 0.352 e. The molecule has 0 spiro atoms. The molecule has 4 aromatic rings. The molecule has 2 aromatic heterocycles. The van der Waals surface area contributed by atoms with E-state index in [0.29, 0.717) is 18.5 Å². The third-order valence-electron chi connectivity index (χ3n) is 5.16. The Morgan fingerprint density at radius 1 is 0.931 bits per heavy atom. The van der Waals surface area contributed by atoms with Gasteiger partial charge in [0.25, 0.3) is 5.91 Å². The van der Waals surface area contributed by atoms with Crippen LogP contribution in [0.5, 0.6) is 0 Å².